The molecule has 1 N–H and O–H groups in total. The van der Waals surface area contributed by atoms with Crippen molar-refractivity contribution >= 4 is 17.2 Å². The fourth-order valence-electron chi connectivity index (χ4n) is 2.22. The van der Waals surface area contributed by atoms with Crippen molar-refractivity contribution in [2.75, 3.05) is 24.5 Å². The number of hydrogen-bond donors (Lipinski definition) is 1. The smallest absolute Gasteiger partial charge is 0.292 e. The summed E-state index contributed by atoms with van der Waals surface area (Å²) in [5.41, 5.74) is 0.565. The molecule has 1 unspecified atom stereocenters. The predicted octanol–water partition coefficient (Wildman–Crippen LogP) is 0.962. The number of hydrogen-bond acceptors (Lipinski definition) is 5. The van der Waals surface area contributed by atoms with Crippen LogP contribution in [0.3, 0.4) is 0 Å². The van der Waals surface area contributed by atoms with E-state index in [1.165, 1.54) is 13.0 Å². The lowest BCUT2D eigenvalue weighted by Gasteiger charge is -2.36. The number of nitrogens with zero attached hydrogens (tertiary/aromatic N) is 2. The van der Waals surface area contributed by atoms with Crippen LogP contribution >= 0.6 is 0 Å². The van der Waals surface area contributed by atoms with E-state index in [0.717, 1.165) is 6.54 Å². The van der Waals surface area contributed by atoms with E-state index in [4.69, 9.17) is 0 Å². The fourth-order valence-corrected chi connectivity index (χ4v) is 2.22. The molecule has 0 radical (unpaired) electrons. The van der Waals surface area contributed by atoms with Gasteiger partial charge in [-0.1, -0.05) is 12.1 Å². The SMILES string of the molecule is CC(=O)C1CNCCN1c1ccccc1[N+](=O)[O-]. The minimum atomic E-state index is -0.408. The molecule has 1 heterocycles. The van der Waals surface area contributed by atoms with Crippen molar-refractivity contribution in [1.82, 2.24) is 5.32 Å². The molecule has 1 aromatic carbocycles. The van der Waals surface area contributed by atoms with Crippen LogP contribution in [0.2, 0.25) is 0 Å². The standard InChI is InChI=1S/C12H15N3O3/c1-9(16)12-8-13-6-7-14(12)10-4-2-3-5-11(10)15(17)18/h2-5,12-13H,6-8H2,1H3. The van der Waals surface area contributed by atoms with Crippen molar-refractivity contribution in [3.8, 4) is 0 Å². The molecule has 1 saturated heterocycles. The number of carbonyl (C=O) groups is 1. The molecule has 1 fully saturated rings. The van der Waals surface area contributed by atoms with Gasteiger partial charge in [-0.25, -0.2) is 0 Å². The molecule has 6 heteroatoms. The normalized spacial score (nSPS) is 19.6. The van der Waals surface area contributed by atoms with Crippen LogP contribution in [0.1, 0.15) is 6.92 Å². The summed E-state index contributed by atoms with van der Waals surface area (Å²) in [7, 11) is 0. The Morgan fingerprint density at radius 1 is 1.50 bits per heavy atom. The highest BCUT2D eigenvalue weighted by Crippen LogP contribution is 2.29. The average molecular weight is 249 g/mol. The van der Waals surface area contributed by atoms with Gasteiger partial charge in [0.25, 0.3) is 5.69 Å². The monoisotopic (exact) mass is 249 g/mol. The highest BCUT2D eigenvalue weighted by atomic mass is 16.6. The van der Waals surface area contributed by atoms with Crippen LogP contribution in [0.4, 0.5) is 11.4 Å². The largest absolute Gasteiger partial charge is 0.353 e. The molecule has 6 nitrogen and oxygen atoms in total. The van der Waals surface area contributed by atoms with Gasteiger partial charge in [0, 0.05) is 25.7 Å². The highest BCUT2D eigenvalue weighted by Gasteiger charge is 2.30. The van der Waals surface area contributed by atoms with Crippen LogP contribution in [0.5, 0.6) is 0 Å². The van der Waals surface area contributed by atoms with Crippen LogP contribution < -0.4 is 10.2 Å². The number of ketones is 1. The van der Waals surface area contributed by atoms with Gasteiger partial charge >= 0.3 is 0 Å². The molecule has 96 valence electrons. The van der Waals surface area contributed by atoms with Crippen LogP contribution in [0.15, 0.2) is 24.3 Å². The zero-order valence-electron chi connectivity index (χ0n) is 10.1. The van der Waals surface area contributed by atoms with Gasteiger partial charge in [0.1, 0.15) is 11.7 Å². The second-order valence-corrected chi connectivity index (χ2v) is 4.27. The second kappa shape index (κ2) is 5.14. The minimum absolute atomic E-state index is 0.0142. The third kappa shape index (κ3) is 2.33. The first kappa shape index (κ1) is 12.5. The zero-order valence-corrected chi connectivity index (χ0v) is 10.1. The Kier molecular flexibility index (Phi) is 3.57. The molecule has 2 rings (SSSR count). The Bertz CT molecular complexity index is 475. The van der Waals surface area contributed by atoms with Gasteiger partial charge in [0.15, 0.2) is 5.78 Å². The fraction of sp³-hybridized carbons (Fsp3) is 0.417. The van der Waals surface area contributed by atoms with Gasteiger partial charge in [0.2, 0.25) is 0 Å². The quantitative estimate of drug-likeness (QED) is 0.638. The first-order valence-electron chi connectivity index (χ1n) is 5.82. The number of rotatable bonds is 3. The molecular weight excluding hydrogens is 234 g/mol. The van der Waals surface area contributed by atoms with E-state index in [9.17, 15) is 14.9 Å². The van der Waals surface area contributed by atoms with E-state index in [0.29, 0.717) is 18.8 Å². The highest BCUT2D eigenvalue weighted by molar-refractivity contribution is 5.86. The summed E-state index contributed by atoms with van der Waals surface area (Å²) in [6.45, 7) is 3.35. The van der Waals surface area contributed by atoms with Gasteiger partial charge in [-0.15, -0.1) is 0 Å². The molecule has 0 spiro atoms. The van der Waals surface area contributed by atoms with Crippen LogP contribution in [0, 0.1) is 10.1 Å². The lowest BCUT2D eigenvalue weighted by atomic mass is 10.1. The zero-order chi connectivity index (χ0) is 13.1. The molecule has 0 aliphatic carbocycles. The minimum Gasteiger partial charge on any atom is -0.353 e. The number of benzene rings is 1. The Balaban J connectivity index is 2.39. The first-order valence-corrected chi connectivity index (χ1v) is 5.82. The van der Waals surface area contributed by atoms with E-state index in [1.54, 1.807) is 18.2 Å². The maximum atomic E-state index is 11.6. The van der Waals surface area contributed by atoms with Crippen LogP contribution in [-0.2, 0) is 4.79 Å². The van der Waals surface area contributed by atoms with E-state index in [-0.39, 0.29) is 17.5 Å². The summed E-state index contributed by atoms with van der Waals surface area (Å²) in [4.78, 5) is 24.0. The van der Waals surface area contributed by atoms with Crippen molar-refractivity contribution < 1.29 is 9.72 Å². The second-order valence-electron chi connectivity index (χ2n) is 4.27. The molecule has 18 heavy (non-hydrogen) atoms. The van der Waals surface area contributed by atoms with Gasteiger partial charge in [-0.2, -0.15) is 0 Å². The van der Waals surface area contributed by atoms with Gasteiger partial charge < -0.3 is 10.2 Å². The van der Waals surface area contributed by atoms with Gasteiger partial charge in [0.05, 0.1) is 4.92 Å². The maximum absolute atomic E-state index is 11.6. The number of Topliss-reactive ketones (excluding diaryl/α,β-unsaturated/α-hetero) is 1. The molecule has 1 atom stereocenters. The van der Waals surface area contributed by atoms with Crippen molar-refractivity contribution in [3.63, 3.8) is 0 Å². The summed E-state index contributed by atoms with van der Waals surface area (Å²) in [6, 6.07) is 6.21. The number of nitrogens with one attached hydrogen (secondary N) is 1. The van der Waals surface area contributed by atoms with Crippen molar-refractivity contribution in [2.24, 2.45) is 0 Å². The molecule has 0 amide bonds. The number of para-hydroxylation sites is 2. The predicted molar refractivity (Wildman–Crippen MR) is 67.8 cm³/mol. The molecule has 0 aromatic heterocycles. The summed E-state index contributed by atoms with van der Waals surface area (Å²) in [6.07, 6.45) is 0. The van der Waals surface area contributed by atoms with Crippen molar-refractivity contribution in [2.45, 2.75) is 13.0 Å². The third-order valence-electron chi connectivity index (χ3n) is 3.10. The van der Waals surface area contributed by atoms with Gasteiger partial charge in [-0.05, 0) is 13.0 Å². The maximum Gasteiger partial charge on any atom is 0.292 e. The lowest BCUT2D eigenvalue weighted by Crippen LogP contribution is -2.54. The molecule has 0 bridgehead atoms. The first-order chi connectivity index (χ1) is 8.61. The Hall–Kier alpha value is -1.95. The Morgan fingerprint density at radius 2 is 2.22 bits per heavy atom. The number of piperazine rings is 1. The van der Waals surface area contributed by atoms with Crippen LogP contribution in [0.25, 0.3) is 0 Å². The summed E-state index contributed by atoms with van der Waals surface area (Å²) < 4.78 is 0. The van der Waals surface area contributed by atoms with E-state index in [2.05, 4.69) is 5.32 Å². The average Bonchev–Trinajstić information content (AvgIpc) is 2.38. The van der Waals surface area contributed by atoms with Crippen molar-refractivity contribution in [1.29, 1.82) is 0 Å². The molecule has 1 aromatic rings. The van der Waals surface area contributed by atoms with Crippen LogP contribution in [-0.4, -0.2) is 36.4 Å². The van der Waals surface area contributed by atoms with E-state index < -0.39 is 4.92 Å². The summed E-state index contributed by atoms with van der Waals surface area (Å²) >= 11 is 0. The van der Waals surface area contributed by atoms with E-state index >= 15 is 0 Å². The lowest BCUT2D eigenvalue weighted by molar-refractivity contribution is -0.384. The number of nitro groups is 1. The molecular formula is C12H15N3O3. The van der Waals surface area contributed by atoms with E-state index in [1.807, 2.05) is 4.90 Å². The molecule has 1 aliphatic heterocycles. The third-order valence-corrected chi connectivity index (χ3v) is 3.10. The van der Waals surface area contributed by atoms with Gasteiger partial charge in [-0.3, -0.25) is 14.9 Å². The topological polar surface area (TPSA) is 75.5 Å². The summed E-state index contributed by atoms with van der Waals surface area (Å²) in [5.74, 6) is 0.0142. The van der Waals surface area contributed by atoms with Crippen molar-refractivity contribution in [3.05, 3.63) is 34.4 Å². The Labute approximate surface area is 105 Å². The Morgan fingerprint density at radius 3 is 2.89 bits per heavy atom. The number of carbonyl (C=O) groups excluding carboxylic acids is 1. The number of anilines is 1. The summed E-state index contributed by atoms with van der Waals surface area (Å²) in [5, 5.41) is 14.2. The molecule has 0 saturated carbocycles. The number of nitro benzene ring substituents is 1. The molecule has 1 aliphatic rings.